The summed E-state index contributed by atoms with van der Waals surface area (Å²) in [6.07, 6.45) is 1.79. The number of hydrogen-bond donors (Lipinski definition) is 3. The van der Waals surface area contributed by atoms with Crippen LogP contribution in [0, 0.1) is 13.8 Å². The van der Waals surface area contributed by atoms with Crippen LogP contribution in [-0.2, 0) is 9.59 Å². The second-order valence-corrected chi connectivity index (χ2v) is 4.56. The molecule has 0 unspecified atom stereocenters. The molecule has 0 aliphatic rings. The zero-order chi connectivity index (χ0) is 14.3. The fourth-order valence-corrected chi connectivity index (χ4v) is 1.84. The van der Waals surface area contributed by atoms with Crippen LogP contribution >= 0.6 is 0 Å². The maximum Gasteiger partial charge on any atom is 0.243 e. The van der Waals surface area contributed by atoms with Gasteiger partial charge in [-0.3, -0.25) is 14.8 Å². The summed E-state index contributed by atoms with van der Waals surface area (Å²) in [4.78, 5) is 22.5. The number of para-hydroxylation sites is 1. The molecule has 0 spiro atoms. The molecule has 1 aromatic carbocycles. The first-order valence-corrected chi connectivity index (χ1v) is 6.33. The number of anilines is 1. The molecule has 1 aromatic rings. The van der Waals surface area contributed by atoms with Gasteiger partial charge in [-0.05, 0) is 37.8 Å². The Bertz CT molecular complexity index is 438. The van der Waals surface area contributed by atoms with E-state index in [9.17, 15) is 9.59 Å². The van der Waals surface area contributed by atoms with Crippen LogP contribution in [0.5, 0.6) is 0 Å². The van der Waals surface area contributed by atoms with E-state index in [2.05, 4.69) is 5.32 Å². The molecule has 104 valence electrons. The number of carbonyl (C=O) groups is 2. The van der Waals surface area contributed by atoms with Gasteiger partial charge in [-0.1, -0.05) is 18.2 Å². The Morgan fingerprint density at radius 2 is 1.58 bits per heavy atom. The van der Waals surface area contributed by atoms with E-state index in [1.54, 1.807) is 5.48 Å². The fraction of sp³-hybridized carbons (Fsp3) is 0.429. The minimum atomic E-state index is -0.421. The molecule has 0 heterocycles. The van der Waals surface area contributed by atoms with Crippen molar-refractivity contribution in [2.45, 2.75) is 39.5 Å². The van der Waals surface area contributed by atoms with E-state index >= 15 is 0 Å². The molecule has 0 aliphatic heterocycles. The van der Waals surface area contributed by atoms with E-state index in [0.717, 1.165) is 16.8 Å². The van der Waals surface area contributed by atoms with Crippen LogP contribution in [0.25, 0.3) is 0 Å². The molecule has 19 heavy (non-hydrogen) atoms. The average Bonchev–Trinajstić information content (AvgIpc) is 2.39. The highest BCUT2D eigenvalue weighted by atomic mass is 16.5. The van der Waals surface area contributed by atoms with Crippen molar-refractivity contribution in [1.29, 1.82) is 0 Å². The predicted octanol–water partition coefficient (Wildman–Crippen LogP) is 2.31. The van der Waals surface area contributed by atoms with Gasteiger partial charge in [-0.25, -0.2) is 5.48 Å². The molecule has 2 amide bonds. The number of unbranched alkanes of at least 4 members (excludes halogenated alkanes) is 1. The maximum absolute atomic E-state index is 11.8. The zero-order valence-electron chi connectivity index (χ0n) is 11.3. The van der Waals surface area contributed by atoms with Gasteiger partial charge in [0, 0.05) is 18.5 Å². The van der Waals surface area contributed by atoms with Crippen molar-refractivity contribution in [2.24, 2.45) is 0 Å². The van der Waals surface area contributed by atoms with Crippen LogP contribution in [-0.4, -0.2) is 17.0 Å². The highest BCUT2D eigenvalue weighted by Gasteiger charge is 2.07. The van der Waals surface area contributed by atoms with E-state index in [-0.39, 0.29) is 12.3 Å². The number of nitrogens with one attached hydrogen (secondary N) is 2. The summed E-state index contributed by atoms with van der Waals surface area (Å²) in [6.45, 7) is 3.91. The van der Waals surface area contributed by atoms with Crippen molar-refractivity contribution in [1.82, 2.24) is 5.48 Å². The Morgan fingerprint density at radius 3 is 2.11 bits per heavy atom. The fourth-order valence-electron chi connectivity index (χ4n) is 1.84. The van der Waals surface area contributed by atoms with E-state index in [1.165, 1.54) is 0 Å². The molecule has 0 aliphatic carbocycles. The molecule has 0 atom stereocenters. The van der Waals surface area contributed by atoms with Crippen LogP contribution in [0.2, 0.25) is 0 Å². The Hall–Kier alpha value is -1.88. The molecule has 5 nitrogen and oxygen atoms in total. The number of aryl methyl sites for hydroxylation is 2. The lowest BCUT2D eigenvalue weighted by atomic mass is 10.1. The second-order valence-electron chi connectivity index (χ2n) is 4.56. The number of rotatable bonds is 6. The average molecular weight is 264 g/mol. The summed E-state index contributed by atoms with van der Waals surface area (Å²) in [5, 5.41) is 11.2. The van der Waals surface area contributed by atoms with Gasteiger partial charge in [0.05, 0.1) is 0 Å². The van der Waals surface area contributed by atoms with Gasteiger partial charge in [0.25, 0.3) is 0 Å². The van der Waals surface area contributed by atoms with E-state index in [1.807, 2.05) is 32.0 Å². The van der Waals surface area contributed by atoms with Crippen molar-refractivity contribution >= 4 is 17.5 Å². The van der Waals surface area contributed by atoms with Gasteiger partial charge in [0.15, 0.2) is 0 Å². The summed E-state index contributed by atoms with van der Waals surface area (Å²) in [5.74, 6) is -0.475. The molecule has 0 saturated heterocycles. The van der Waals surface area contributed by atoms with Crippen molar-refractivity contribution in [2.75, 3.05) is 5.32 Å². The molecule has 3 N–H and O–H groups in total. The first-order chi connectivity index (χ1) is 9.04. The predicted molar refractivity (Wildman–Crippen MR) is 72.9 cm³/mol. The van der Waals surface area contributed by atoms with E-state index < -0.39 is 5.91 Å². The Labute approximate surface area is 113 Å². The van der Waals surface area contributed by atoms with Crippen molar-refractivity contribution < 1.29 is 14.8 Å². The summed E-state index contributed by atoms with van der Waals surface area (Å²) in [6, 6.07) is 5.86. The molecule has 0 fully saturated rings. The second kappa shape index (κ2) is 7.53. The van der Waals surface area contributed by atoms with Gasteiger partial charge in [-0.15, -0.1) is 0 Å². The standard InChI is InChI=1S/C14H20N2O3/c1-10-6-5-7-11(2)14(10)15-12(17)8-3-4-9-13(18)16-19/h5-7,19H,3-4,8-9H2,1-2H3,(H,15,17)(H,16,18). The molecule has 5 heteroatoms. The Kier molecular flexibility index (Phi) is 6.02. The molecule has 0 radical (unpaired) electrons. The summed E-state index contributed by atoms with van der Waals surface area (Å²) < 4.78 is 0. The topological polar surface area (TPSA) is 78.4 Å². The van der Waals surface area contributed by atoms with Gasteiger partial charge >= 0.3 is 0 Å². The van der Waals surface area contributed by atoms with Crippen molar-refractivity contribution in [3.05, 3.63) is 29.3 Å². The first kappa shape index (κ1) is 15.2. The highest BCUT2D eigenvalue weighted by Crippen LogP contribution is 2.19. The SMILES string of the molecule is Cc1cccc(C)c1NC(=O)CCCCC(=O)NO. The van der Waals surface area contributed by atoms with Crippen molar-refractivity contribution in [3.63, 3.8) is 0 Å². The molecular formula is C14H20N2O3. The van der Waals surface area contributed by atoms with E-state index in [4.69, 9.17) is 5.21 Å². The van der Waals surface area contributed by atoms with Crippen LogP contribution in [0.4, 0.5) is 5.69 Å². The largest absolute Gasteiger partial charge is 0.326 e. The lowest BCUT2D eigenvalue weighted by Crippen LogP contribution is -2.18. The lowest BCUT2D eigenvalue weighted by Gasteiger charge is -2.11. The molecular weight excluding hydrogens is 244 g/mol. The smallest absolute Gasteiger partial charge is 0.243 e. The van der Waals surface area contributed by atoms with Gasteiger partial charge in [0.1, 0.15) is 0 Å². The molecule has 0 aromatic heterocycles. The summed E-state index contributed by atoms with van der Waals surface area (Å²) >= 11 is 0. The zero-order valence-corrected chi connectivity index (χ0v) is 11.3. The van der Waals surface area contributed by atoms with E-state index in [0.29, 0.717) is 19.3 Å². The summed E-state index contributed by atoms with van der Waals surface area (Å²) in [5.41, 5.74) is 4.50. The number of carbonyl (C=O) groups excluding carboxylic acids is 2. The number of hydrogen-bond acceptors (Lipinski definition) is 3. The third-order valence-electron chi connectivity index (χ3n) is 2.93. The van der Waals surface area contributed by atoms with Crippen LogP contribution in [0.15, 0.2) is 18.2 Å². The van der Waals surface area contributed by atoms with Crippen molar-refractivity contribution in [3.8, 4) is 0 Å². The number of benzene rings is 1. The van der Waals surface area contributed by atoms with Crippen LogP contribution in [0.1, 0.15) is 36.8 Å². The minimum Gasteiger partial charge on any atom is -0.326 e. The first-order valence-electron chi connectivity index (χ1n) is 6.33. The quantitative estimate of drug-likeness (QED) is 0.419. The summed E-state index contributed by atoms with van der Waals surface area (Å²) in [7, 11) is 0. The molecule has 1 rings (SSSR count). The van der Waals surface area contributed by atoms with Crippen LogP contribution < -0.4 is 10.8 Å². The highest BCUT2D eigenvalue weighted by molar-refractivity contribution is 5.92. The Morgan fingerprint density at radius 1 is 1.05 bits per heavy atom. The Balaban J connectivity index is 2.37. The molecule has 0 saturated carbocycles. The third kappa shape index (κ3) is 5.09. The normalized spacial score (nSPS) is 10.1. The maximum atomic E-state index is 11.8. The number of amides is 2. The minimum absolute atomic E-state index is 0.0539. The monoisotopic (exact) mass is 264 g/mol. The van der Waals surface area contributed by atoms with Gasteiger partial charge in [0.2, 0.25) is 11.8 Å². The van der Waals surface area contributed by atoms with Crippen LogP contribution in [0.3, 0.4) is 0 Å². The van der Waals surface area contributed by atoms with Gasteiger partial charge in [-0.2, -0.15) is 0 Å². The lowest BCUT2D eigenvalue weighted by molar-refractivity contribution is -0.129. The third-order valence-corrected chi connectivity index (χ3v) is 2.93. The van der Waals surface area contributed by atoms with Gasteiger partial charge < -0.3 is 5.32 Å². The number of hydroxylamine groups is 1. The molecule has 0 bridgehead atoms.